The van der Waals surface area contributed by atoms with Gasteiger partial charge >= 0.3 is 43.6 Å². The highest BCUT2D eigenvalue weighted by atomic mass is 31.2. The molecular weight excluding hydrogens is 1070 g/mol. The topological polar surface area (TPSA) is 323 Å². The first-order valence-corrected chi connectivity index (χ1v) is 26.8. The van der Waals surface area contributed by atoms with E-state index in [0.717, 1.165) is 17.1 Å². The minimum Gasteiger partial charge on any atom is -0.460 e. The van der Waals surface area contributed by atoms with Crippen LogP contribution in [0.3, 0.4) is 0 Å². The zero-order valence-electron chi connectivity index (χ0n) is 44.6. The minimum absolute atomic E-state index is 0.0797. The van der Waals surface area contributed by atoms with E-state index in [2.05, 4.69) is 46.0 Å². The Hall–Kier alpha value is -8.03. The van der Waals surface area contributed by atoms with E-state index in [4.69, 9.17) is 42.0 Å². The van der Waals surface area contributed by atoms with E-state index in [1.807, 2.05) is 30.3 Å². The highest BCUT2D eigenvalue weighted by molar-refractivity contribution is 7.48. The molecule has 4 N–H and O–H groups in total. The summed E-state index contributed by atoms with van der Waals surface area (Å²) in [7, 11) is -4.83. The smallest absolute Gasteiger partial charge is 0.460 e. The van der Waals surface area contributed by atoms with Crippen molar-refractivity contribution in [1.82, 2.24) is 30.4 Å². The first-order valence-electron chi connectivity index (χ1n) is 25.3. The van der Waals surface area contributed by atoms with Gasteiger partial charge in [-0.05, 0) is 55.0 Å². The van der Waals surface area contributed by atoms with Gasteiger partial charge in [-0.1, -0.05) is 87.7 Å². The third-order valence-corrected chi connectivity index (χ3v) is 13.2. The second-order valence-corrected chi connectivity index (χ2v) is 19.9. The second-order valence-electron chi connectivity index (χ2n) is 18.3. The molecule has 0 spiro atoms. The molecule has 2 unspecified atom stereocenters. The molecule has 1 aromatic heterocycles. The number of nitrogens with one attached hydrogen (secondary N) is 4. The number of anilines is 1. The summed E-state index contributed by atoms with van der Waals surface area (Å²) in [6, 6.07) is 11.3. The maximum Gasteiger partial charge on any atom is 0.475 e. The number of esters is 3. The molecule has 2 saturated heterocycles. The highest BCUT2D eigenvalue weighted by Gasteiger charge is 2.43. The lowest BCUT2D eigenvalue weighted by molar-refractivity contribution is -0.150. The van der Waals surface area contributed by atoms with Gasteiger partial charge in [-0.15, -0.1) is 6.58 Å². The van der Waals surface area contributed by atoms with Gasteiger partial charge < -0.3 is 44.4 Å². The maximum atomic E-state index is 14.3. The number of hydrogen-bond acceptors (Lipinski definition) is 20. The van der Waals surface area contributed by atoms with Gasteiger partial charge in [-0.3, -0.25) is 52.3 Å². The van der Waals surface area contributed by atoms with Crippen molar-refractivity contribution in [3.63, 3.8) is 0 Å². The second kappa shape index (κ2) is 30.9. The molecule has 0 saturated carbocycles. The van der Waals surface area contributed by atoms with Crippen LogP contribution in [-0.4, -0.2) is 138 Å². The fourth-order valence-corrected chi connectivity index (χ4v) is 9.03. The number of carbonyl (C=O) groups is 8. The Kier molecular flexibility index (Phi) is 24.3. The molecule has 2 aliphatic heterocycles. The van der Waals surface area contributed by atoms with Crippen molar-refractivity contribution < 1.29 is 84.9 Å². The van der Waals surface area contributed by atoms with Crippen molar-refractivity contribution in [2.45, 2.75) is 103 Å². The Labute approximate surface area is 461 Å². The summed E-state index contributed by atoms with van der Waals surface area (Å²) in [4.78, 5) is 123. The van der Waals surface area contributed by atoms with Crippen LogP contribution in [0.15, 0.2) is 110 Å². The molecule has 2 aromatic carbocycles. The first-order chi connectivity index (χ1) is 38.2. The van der Waals surface area contributed by atoms with Crippen LogP contribution in [0, 0.1) is 5.92 Å². The number of ether oxygens (including phenoxy) is 6. The van der Waals surface area contributed by atoms with E-state index in [1.54, 1.807) is 38.1 Å². The molecule has 5 rings (SSSR count). The monoisotopic (exact) mass is 1140 g/mol. The lowest BCUT2D eigenvalue weighted by atomic mass is 10.0. The van der Waals surface area contributed by atoms with Gasteiger partial charge in [-0.2, -0.15) is 4.98 Å². The van der Waals surface area contributed by atoms with Gasteiger partial charge in [0.15, 0.2) is 0 Å². The Balaban J connectivity index is 1.25. The van der Waals surface area contributed by atoms with Crippen LogP contribution in [-0.2, 0) is 83.6 Å². The maximum absolute atomic E-state index is 14.3. The van der Waals surface area contributed by atoms with Crippen LogP contribution in [0.5, 0.6) is 5.75 Å². The normalized spacial score (nSPS) is 18.4. The third kappa shape index (κ3) is 19.4. The van der Waals surface area contributed by atoms with Crippen LogP contribution in [0.25, 0.3) is 0 Å². The van der Waals surface area contributed by atoms with Crippen molar-refractivity contribution in [3.05, 3.63) is 126 Å². The van der Waals surface area contributed by atoms with Crippen molar-refractivity contribution in [3.8, 4) is 5.75 Å². The SMILES string of the molecule is C=CCOC(=O)Nc1ccn([C@H]2C[C@H](OC(C)=O)[C@@H](COP(=O)(OCC=C)OCC(NC(=O)[C@@H](NC(=O)[C@@H]3CCCN3C(=O)OCc3ccc(OC(=O)Cc4ccccc4)cc3)C(C)C)C(=O)N[C@@H](C)C(=O)OCC=C)O2)c(=O)n1. The predicted molar refractivity (Wildman–Crippen MR) is 283 cm³/mol. The molecule has 27 heteroatoms. The van der Waals surface area contributed by atoms with E-state index in [9.17, 15) is 47.7 Å². The highest BCUT2D eigenvalue weighted by Crippen LogP contribution is 2.50. The lowest BCUT2D eigenvalue weighted by Gasteiger charge is -2.29. The number of likely N-dealkylation sites (tertiary alicyclic amines) is 1. The fourth-order valence-electron chi connectivity index (χ4n) is 7.86. The first kappa shape index (κ1) is 62.8. The predicted octanol–water partition coefficient (Wildman–Crippen LogP) is 4.35. The van der Waals surface area contributed by atoms with Gasteiger partial charge in [0, 0.05) is 26.1 Å². The number of aromatic nitrogens is 2. The van der Waals surface area contributed by atoms with Crippen LogP contribution in [0.1, 0.15) is 64.3 Å². The summed E-state index contributed by atoms with van der Waals surface area (Å²) < 4.78 is 64.5. The molecule has 0 radical (unpaired) electrons. The Morgan fingerprint density at radius 1 is 0.825 bits per heavy atom. The van der Waals surface area contributed by atoms with Gasteiger partial charge in [0.2, 0.25) is 17.7 Å². The number of hydrogen-bond donors (Lipinski definition) is 4. The minimum atomic E-state index is -4.83. The lowest BCUT2D eigenvalue weighted by Crippen LogP contribution is -2.59. The average molecular weight is 1140 g/mol. The van der Waals surface area contributed by atoms with Gasteiger partial charge in [0.25, 0.3) is 0 Å². The number of carbonyl (C=O) groups excluding carboxylic acids is 8. The molecule has 80 heavy (non-hydrogen) atoms. The number of amides is 5. The quantitative estimate of drug-likeness (QED) is 0.0247. The van der Waals surface area contributed by atoms with E-state index in [0.29, 0.717) is 17.7 Å². The summed E-state index contributed by atoms with van der Waals surface area (Å²) in [6.07, 6.45) is 0.545. The Morgan fingerprint density at radius 2 is 1.52 bits per heavy atom. The van der Waals surface area contributed by atoms with Crippen molar-refractivity contribution >= 4 is 61.5 Å². The number of phosphoric ester groups is 1. The third-order valence-electron chi connectivity index (χ3n) is 11.8. The van der Waals surface area contributed by atoms with Crippen LogP contribution < -0.4 is 31.7 Å². The molecule has 2 fully saturated rings. The zero-order valence-corrected chi connectivity index (χ0v) is 45.5. The molecule has 3 aromatic rings. The number of nitrogens with zero attached hydrogens (tertiary/aromatic N) is 3. The van der Waals surface area contributed by atoms with Gasteiger partial charge in [0.05, 0.1) is 26.2 Å². The van der Waals surface area contributed by atoms with Gasteiger partial charge in [-0.25, -0.2) is 23.7 Å². The van der Waals surface area contributed by atoms with E-state index in [1.165, 1.54) is 42.3 Å². The molecule has 0 aliphatic carbocycles. The van der Waals surface area contributed by atoms with Crippen molar-refractivity contribution in [2.24, 2.45) is 5.92 Å². The molecule has 0 bridgehead atoms. The summed E-state index contributed by atoms with van der Waals surface area (Å²) >= 11 is 0. The molecule has 5 amide bonds. The molecular formula is C53H66N7O19P. The van der Waals surface area contributed by atoms with Crippen LogP contribution in [0.4, 0.5) is 15.4 Å². The van der Waals surface area contributed by atoms with Crippen molar-refractivity contribution in [2.75, 3.05) is 44.9 Å². The number of phosphoric acid groups is 1. The summed E-state index contributed by atoms with van der Waals surface area (Å²) in [5.41, 5.74) is 0.485. The van der Waals surface area contributed by atoms with E-state index < -0.39 is 130 Å². The molecule has 432 valence electrons. The summed E-state index contributed by atoms with van der Waals surface area (Å²) in [5, 5.41) is 9.86. The summed E-state index contributed by atoms with van der Waals surface area (Å²) in [5.74, 6) is -5.23. The van der Waals surface area contributed by atoms with Crippen molar-refractivity contribution in [1.29, 1.82) is 0 Å². The number of rotatable bonds is 29. The van der Waals surface area contributed by atoms with Crippen LogP contribution >= 0.6 is 7.82 Å². The zero-order chi connectivity index (χ0) is 58.4. The Morgan fingerprint density at radius 3 is 2.19 bits per heavy atom. The fraction of sp³-hybridized carbons (Fsp3) is 0.434. The van der Waals surface area contributed by atoms with Gasteiger partial charge in [0.1, 0.15) is 74.0 Å². The standard InChI is InChI=1S/C53H66N7O19P/c1-8-25-71-50(66)34(6)54-47(63)39(31-75-80(70,74-27-10-3)76-32-42-41(77-35(7)61)29-44(79-42)60-24-22-43(56-51(60)67)57-52(68)72-26-9-2)55-49(65)46(33(4)5)58-48(64)40-17-14-23-59(40)53(69)73-30-37-18-20-38(21-19-37)78-45(62)28-36-15-12-11-13-16-36/h8-13,15-16,18-22,24,33-34,39-42,44,46H,1-3,14,17,23,25-32H2,4-7H3,(H,54,63)(H,55,65)(H,58,64)(H,56,57,67,68)/t34-,39?,40-,41-,42+,44+,46-,80?/m0/s1. The van der Waals surface area contributed by atoms with E-state index in [-0.39, 0.29) is 51.4 Å². The molecule has 3 heterocycles. The molecule has 26 nitrogen and oxygen atoms in total. The molecule has 8 atom stereocenters. The Bertz CT molecular complexity index is 2800. The van der Waals surface area contributed by atoms with E-state index >= 15 is 0 Å². The largest absolute Gasteiger partial charge is 0.475 e. The average Bonchev–Trinajstić information content (AvgIpc) is 4.10. The van der Waals surface area contributed by atoms with Crippen LogP contribution in [0.2, 0.25) is 0 Å². The molecule has 2 aliphatic rings. The number of benzene rings is 2. The summed E-state index contributed by atoms with van der Waals surface area (Å²) in [6.45, 7) is 13.8.